The minimum Gasteiger partial charge on any atom is -0.493 e. The molecule has 1 N–H and O–H groups in total. The van der Waals surface area contributed by atoms with E-state index in [9.17, 15) is 4.79 Å². The average Bonchev–Trinajstić information content (AvgIpc) is 2.60. The van der Waals surface area contributed by atoms with Crippen molar-refractivity contribution in [2.24, 2.45) is 11.8 Å². The number of unbranched alkanes of at least 4 members (excludes halogenated alkanes) is 2. The van der Waals surface area contributed by atoms with Gasteiger partial charge in [0.1, 0.15) is 5.75 Å². The fourth-order valence-electron chi connectivity index (χ4n) is 3.43. The van der Waals surface area contributed by atoms with Crippen LogP contribution in [0.1, 0.15) is 63.9 Å². The Balaban J connectivity index is 1.68. The maximum Gasteiger partial charge on any atom is 0.328 e. The predicted molar refractivity (Wildman–Crippen MR) is 98.2 cm³/mol. The number of rotatable bonds is 9. The molecule has 0 spiro atoms. The van der Waals surface area contributed by atoms with E-state index in [1.54, 1.807) is 6.08 Å². The summed E-state index contributed by atoms with van der Waals surface area (Å²) in [5.74, 6) is 1.56. The number of hydrogen-bond donors (Lipinski definition) is 1. The van der Waals surface area contributed by atoms with Crippen molar-refractivity contribution < 1.29 is 14.6 Å². The zero-order valence-corrected chi connectivity index (χ0v) is 14.7. The van der Waals surface area contributed by atoms with Crippen molar-refractivity contribution in [1.82, 2.24) is 0 Å². The molecular formula is C21H30O3. The Hall–Kier alpha value is -1.77. The molecule has 24 heavy (non-hydrogen) atoms. The topological polar surface area (TPSA) is 46.5 Å². The average molecular weight is 330 g/mol. The summed E-state index contributed by atoms with van der Waals surface area (Å²) in [4.78, 5) is 10.5. The molecule has 1 fully saturated rings. The van der Waals surface area contributed by atoms with Crippen LogP contribution >= 0.6 is 0 Å². The van der Waals surface area contributed by atoms with Crippen LogP contribution in [0.3, 0.4) is 0 Å². The third-order valence-corrected chi connectivity index (χ3v) is 4.97. The number of carboxylic acid groups (broad SMARTS) is 1. The van der Waals surface area contributed by atoms with Crippen LogP contribution in [0.25, 0.3) is 6.08 Å². The number of hydrogen-bond acceptors (Lipinski definition) is 2. The number of carboxylic acids is 1. The van der Waals surface area contributed by atoms with E-state index in [4.69, 9.17) is 9.84 Å². The summed E-state index contributed by atoms with van der Waals surface area (Å²) in [6.07, 6.45) is 13.5. The fraction of sp³-hybridized carbons (Fsp3) is 0.571. The van der Waals surface area contributed by atoms with Gasteiger partial charge in [0.2, 0.25) is 0 Å². The van der Waals surface area contributed by atoms with Gasteiger partial charge in [0.05, 0.1) is 6.61 Å². The van der Waals surface area contributed by atoms with Crippen LogP contribution in [-0.4, -0.2) is 17.7 Å². The van der Waals surface area contributed by atoms with Crippen LogP contribution in [-0.2, 0) is 4.79 Å². The van der Waals surface area contributed by atoms with Crippen molar-refractivity contribution in [3.05, 3.63) is 35.9 Å². The molecule has 2 rings (SSSR count). The number of aliphatic carboxylic acids is 1. The van der Waals surface area contributed by atoms with E-state index in [0.717, 1.165) is 29.9 Å². The van der Waals surface area contributed by atoms with E-state index in [2.05, 4.69) is 6.92 Å². The second-order valence-electron chi connectivity index (χ2n) is 6.93. The molecule has 1 aromatic carbocycles. The normalized spacial score (nSPS) is 21.0. The minimum absolute atomic E-state index is 0.680. The van der Waals surface area contributed by atoms with Crippen molar-refractivity contribution in [1.29, 1.82) is 0 Å². The van der Waals surface area contributed by atoms with Crippen LogP contribution in [0.15, 0.2) is 30.3 Å². The Kier molecular flexibility index (Phi) is 7.87. The molecule has 3 heteroatoms. The maximum absolute atomic E-state index is 10.5. The standard InChI is InChI=1S/C21H30O3/c1-2-3-4-5-17-6-8-19(9-7-17)16-24-20-13-10-18(11-14-20)12-15-21(22)23/h10-15,17,19H,2-9,16H2,1H3,(H,22,23)/b15-12+/t17-,19+. The molecule has 0 atom stereocenters. The van der Waals surface area contributed by atoms with Gasteiger partial charge < -0.3 is 9.84 Å². The maximum atomic E-state index is 10.5. The molecule has 1 aromatic rings. The molecule has 0 saturated heterocycles. The first-order valence-corrected chi connectivity index (χ1v) is 9.31. The Labute approximate surface area is 145 Å². The van der Waals surface area contributed by atoms with Gasteiger partial charge in [0.25, 0.3) is 0 Å². The molecule has 132 valence electrons. The number of benzene rings is 1. The molecule has 3 nitrogen and oxygen atoms in total. The molecular weight excluding hydrogens is 300 g/mol. The second kappa shape index (κ2) is 10.2. The zero-order chi connectivity index (χ0) is 17.2. The van der Waals surface area contributed by atoms with E-state index in [0.29, 0.717) is 5.92 Å². The highest BCUT2D eigenvalue weighted by atomic mass is 16.5. The Morgan fingerprint density at radius 2 is 1.79 bits per heavy atom. The van der Waals surface area contributed by atoms with Gasteiger partial charge >= 0.3 is 5.97 Å². The van der Waals surface area contributed by atoms with Crippen molar-refractivity contribution in [3.63, 3.8) is 0 Å². The van der Waals surface area contributed by atoms with Gasteiger partial charge in [-0.1, -0.05) is 57.6 Å². The first-order chi connectivity index (χ1) is 11.7. The highest BCUT2D eigenvalue weighted by molar-refractivity contribution is 5.85. The molecule has 0 radical (unpaired) electrons. The summed E-state index contributed by atoms with van der Waals surface area (Å²) < 4.78 is 5.92. The lowest BCUT2D eigenvalue weighted by atomic mass is 9.80. The smallest absolute Gasteiger partial charge is 0.328 e. The summed E-state index contributed by atoms with van der Waals surface area (Å²) in [6, 6.07) is 7.61. The van der Waals surface area contributed by atoms with E-state index in [-0.39, 0.29) is 0 Å². The van der Waals surface area contributed by atoms with Crippen LogP contribution < -0.4 is 4.74 Å². The third-order valence-electron chi connectivity index (χ3n) is 4.97. The van der Waals surface area contributed by atoms with Gasteiger partial charge in [-0.15, -0.1) is 0 Å². The van der Waals surface area contributed by atoms with Gasteiger partial charge in [-0.25, -0.2) is 4.79 Å². The van der Waals surface area contributed by atoms with Gasteiger partial charge in [-0.05, 0) is 48.4 Å². The monoisotopic (exact) mass is 330 g/mol. The predicted octanol–water partition coefficient (Wildman–Crippen LogP) is 5.55. The first kappa shape index (κ1) is 18.6. The second-order valence-corrected chi connectivity index (χ2v) is 6.93. The summed E-state index contributed by atoms with van der Waals surface area (Å²) in [5, 5.41) is 8.63. The van der Waals surface area contributed by atoms with E-state index < -0.39 is 5.97 Å². The van der Waals surface area contributed by atoms with Crippen LogP contribution in [0.5, 0.6) is 5.75 Å². The molecule has 0 bridgehead atoms. The summed E-state index contributed by atoms with van der Waals surface area (Å²) in [7, 11) is 0. The molecule has 0 aliphatic heterocycles. The Morgan fingerprint density at radius 1 is 1.12 bits per heavy atom. The lowest BCUT2D eigenvalue weighted by Gasteiger charge is -2.28. The lowest BCUT2D eigenvalue weighted by molar-refractivity contribution is -0.131. The highest BCUT2D eigenvalue weighted by Gasteiger charge is 2.21. The van der Waals surface area contributed by atoms with Gasteiger partial charge in [0, 0.05) is 6.08 Å². The highest BCUT2D eigenvalue weighted by Crippen LogP contribution is 2.32. The van der Waals surface area contributed by atoms with Gasteiger partial charge in [-0.3, -0.25) is 0 Å². The van der Waals surface area contributed by atoms with Gasteiger partial charge in [-0.2, -0.15) is 0 Å². The SMILES string of the molecule is CCCCC[C@H]1CC[C@@H](COc2ccc(/C=C/C(=O)O)cc2)CC1. The van der Waals surface area contributed by atoms with Crippen molar-refractivity contribution in [2.45, 2.75) is 58.3 Å². The van der Waals surface area contributed by atoms with E-state index in [1.165, 1.54) is 51.4 Å². The Morgan fingerprint density at radius 3 is 2.42 bits per heavy atom. The quantitative estimate of drug-likeness (QED) is 0.477. The summed E-state index contributed by atoms with van der Waals surface area (Å²) in [5.41, 5.74) is 0.873. The number of carbonyl (C=O) groups is 1. The number of ether oxygens (including phenoxy) is 1. The molecule has 1 saturated carbocycles. The summed E-state index contributed by atoms with van der Waals surface area (Å²) in [6.45, 7) is 3.06. The van der Waals surface area contributed by atoms with Gasteiger partial charge in [0.15, 0.2) is 0 Å². The van der Waals surface area contributed by atoms with Crippen LogP contribution in [0.2, 0.25) is 0 Å². The Bertz CT molecular complexity index is 510. The minimum atomic E-state index is -0.930. The first-order valence-electron chi connectivity index (χ1n) is 9.31. The molecule has 0 unspecified atom stereocenters. The molecule has 0 amide bonds. The lowest BCUT2D eigenvalue weighted by Crippen LogP contribution is -2.20. The molecule has 0 aromatic heterocycles. The third kappa shape index (κ3) is 6.77. The van der Waals surface area contributed by atoms with Crippen LogP contribution in [0, 0.1) is 11.8 Å². The van der Waals surface area contributed by atoms with Crippen molar-refractivity contribution in [2.75, 3.05) is 6.61 Å². The van der Waals surface area contributed by atoms with Crippen molar-refractivity contribution >= 4 is 12.0 Å². The van der Waals surface area contributed by atoms with E-state index in [1.807, 2.05) is 24.3 Å². The molecule has 1 aliphatic rings. The molecule has 1 aliphatic carbocycles. The summed E-state index contributed by atoms with van der Waals surface area (Å²) >= 11 is 0. The fourth-order valence-corrected chi connectivity index (χ4v) is 3.43. The van der Waals surface area contributed by atoms with Crippen LogP contribution in [0.4, 0.5) is 0 Å². The van der Waals surface area contributed by atoms with E-state index >= 15 is 0 Å². The largest absolute Gasteiger partial charge is 0.493 e. The molecule has 0 heterocycles. The van der Waals surface area contributed by atoms with Crippen molar-refractivity contribution in [3.8, 4) is 5.75 Å². The zero-order valence-electron chi connectivity index (χ0n) is 14.7.